The Hall–Kier alpha value is -2.79. The lowest BCUT2D eigenvalue weighted by Gasteiger charge is -2.23. The van der Waals surface area contributed by atoms with E-state index >= 15 is 0 Å². The Labute approximate surface area is 163 Å². The number of halogens is 1. The number of esters is 3. The van der Waals surface area contributed by atoms with Gasteiger partial charge in [0.2, 0.25) is 0 Å². The number of hydrogen-bond donors (Lipinski definition) is 0. The van der Waals surface area contributed by atoms with Crippen molar-refractivity contribution in [3.63, 3.8) is 0 Å². The van der Waals surface area contributed by atoms with Gasteiger partial charge >= 0.3 is 17.9 Å². The molecule has 0 spiro atoms. The smallest absolute Gasteiger partial charge is 0.303 e. The van der Waals surface area contributed by atoms with E-state index in [0.717, 1.165) is 0 Å². The van der Waals surface area contributed by atoms with Crippen LogP contribution in [0.1, 0.15) is 27.0 Å². The Balaban J connectivity index is 2.01. The van der Waals surface area contributed by atoms with Crippen LogP contribution in [0, 0.1) is 0 Å². The Kier molecular flexibility index (Phi) is 5.75. The first-order chi connectivity index (χ1) is 13.3. The largest absolute Gasteiger partial charge is 0.463 e. The minimum Gasteiger partial charge on any atom is -0.463 e. The van der Waals surface area contributed by atoms with Gasteiger partial charge in [0, 0.05) is 20.8 Å². The molecule has 1 aliphatic rings. The second kappa shape index (κ2) is 8.07. The van der Waals surface area contributed by atoms with Crippen molar-refractivity contribution in [1.29, 1.82) is 0 Å². The lowest BCUT2D eigenvalue weighted by Crippen LogP contribution is -2.40. The number of carbonyl (C=O) groups is 3. The molecule has 0 bridgehead atoms. The Morgan fingerprint density at radius 1 is 1.07 bits per heavy atom. The number of hydrogen-bond acceptors (Lipinski definition) is 10. The normalized spacial score (nSPS) is 24.1. The minimum atomic E-state index is -1.03. The van der Waals surface area contributed by atoms with Crippen molar-refractivity contribution in [1.82, 2.24) is 19.5 Å². The Morgan fingerprint density at radius 2 is 1.75 bits per heavy atom. The number of rotatable bonds is 5. The molecule has 0 aliphatic carbocycles. The molecule has 1 fully saturated rings. The summed E-state index contributed by atoms with van der Waals surface area (Å²) in [7, 11) is 0. The summed E-state index contributed by atoms with van der Waals surface area (Å²) in [4.78, 5) is 46.6. The van der Waals surface area contributed by atoms with Gasteiger partial charge < -0.3 is 18.9 Å². The van der Waals surface area contributed by atoms with Gasteiger partial charge in [-0.1, -0.05) is 11.6 Å². The maximum Gasteiger partial charge on any atom is 0.303 e. The van der Waals surface area contributed by atoms with Crippen molar-refractivity contribution >= 4 is 40.7 Å². The van der Waals surface area contributed by atoms with Gasteiger partial charge in [0.15, 0.2) is 29.2 Å². The van der Waals surface area contributed by atoms with E-state index in [2.05, 4.69) is 15.0 Å². The molecule has 3 rings (SSSR count). The lowest BCUT2D eigenvalue weighted by atomic mass is 10.1. The first-order valence-electron chi connectivity index (χ1n) is 8.24. The molecule has 150 valence electrons. The third kappa shape index (κ3) is 4.04. The van der Waals surface area contributed by atoms with Crippen molar-refractivity contribution in [2.45, 2.75) is 45.3 Å². The predicted molar refractivity (Wildman–Crippen MR) is 92.0 cm³/mol. The van der Waals surface area contributed by atoms with Crippen LogP contribution in [0.25, 0.3) is 11.2 Å². The summed E-state index contributed by atoms with van der Waals surface area (Å²) < 4.78 is 23.1. The molecule has 28 heavy (non-hydrogen) atoms. The van der Waals surface area contributed by atoms with Gasteiger partial charge in [0.25, 0.3) is 0 Å². The van der Waals surface area contributed by atoms with E-state index in [9.17, 15) is 14.4 Å². The van der Waals surface area contributed by atoms with Crippen LogP contribution >= 0.6 is 11.6 Å². The van der Waals surface area contributed by atoms with Crippen LogP contribution in [0.15, 0.2) is 12.7 Å². The zero-order valence-electron chi connectivity index (χ0n) is 15.2. The summed E-state index contributed by atoms with van der Waals surface area (Å²) in [5.41, 5.74) is 0.652. The highest BCUT2D eigenvalue weighted by atomic mass is 35.5. The van der Waals surface area contributed by atoms with Gasteiger partial charge in [-0.25, -0.2) is 15.0 Å². The molecule has 1 aliphatic heterocycles. The quantitative estimate of drug-likeness (QED) is 0.394. The number of ether oxygens (including phenoxy) is 4. The maximum absolute atomic E-state index is 11.7. The van der Waals surface area contributed by atoms with Crippen molar-refractivity contribution in [2.75, 3.05) is 6.61 Å². The van der Waals surface area contributed by atoms with Crippen molar-refractivity contribution < 1.29 is 33.3 Å². The van der Waals surface area contributed by atoms with Crippen LogP contribution in [0.5, 0.6) is 0 Å². The van der Waals surface area contributed by atoms with E-state index in [1.165, 1.54) is 38.0 Å². The molecule has 2 aromatic heterocycles. The first-order valence-corrected chi connectivity index (χ1v) is 8.62. The van der Waals surface area contributed by atoms with Crippen LogP contribution in [0.4, 0.5) is 0 Å². The predicted octanol–water partition coefficient (Wildman–Crippen LogP) is 0.804. The molecular formula is C16H17ClN4O7. The average Bonchev–Trinajstić information content (AvgIpc) is 3.16. The zero-order chi connectivity index (χ0) is 20.4. The van der Waals surface area contributed by atoms with Crippen LogP contribution in [-0.2, 0) is 33.3 Å². The van der Waals surface area contributed by atoms with E-state index in [-0.39, 0.29) is 11.8 Å². The van der Waals surface area contributed by atoms with E-state index in [4.69, 9.17) is 30.5 Å². The van der Waals surface area contributed by atoms with Crippen LogP contribution in [0.2, 0.25) is 5.15 Å². The van der Waals surface area contributed by atoms with Crippen LogP contribution < -0.4 is 0 Å². The molecule has 2 aromatic rings. The zero-order valence-corrected chi connectivity index (χ0v) is 16.0. The van der Waals surface area contributed by atoms with Crippen LogP contribution in [-0.4, -0.2) is 62.3 Å². The molecule has 4 atom stereocenters. The van der Waals surface area contributed by atoms with Gasteiger partial charge in [-0.2, -0.15) is 0 Å². The monoisotopic (exact) mass is 412 g/mol. The molecule has 11 nitrogen and oxygen atoms in total. The van der Waals surface area contributed by atoms with Gasteiger partial charge in [0.05, 0.1) is 6.33 Å². The highest BCUT2D eigenvalue weighted by molar-refractivity contribution is 6.33. The summed E-state index contributed by atoms with van der Waals surface area (Å²) in [6, 6.07) is 0. The second-order valence-electron chi connectivity index (χ2n) is 6.00. The van der Waals surface area contributed by atoms with Crippen LogP contribution in [0.3, 0.4) is 0 Å². The summed E-state index contributed by atoms with van der Waals surface area (Å²) in [5, 5.41) is 0.138. The molecule has 0 unspecified atom stereocenters. The number of nitrogens with zero attached hydrogens (tertiary/aromatic N) is 4. The highest BCUT2D eigenvalue weighted by Crippen LogP contribution is 2.36. The molecule has 1 saturated heterocycles. The van der Waals surface area contributed by atoms with Gasteiger partial charge in [-0.15, -0.1) is 0 Å². The van der Waals surface area contributed by atoms with E-state index in [0.29, 0.717) is 11.2 Å². The Morgan fingerprint density at radius 3 is 2.39 bits per heavy atom. The summed E-state index contributed by atoms with van der Waals surface area (Å²) in [5.74, 6) is -1.76. The topological polar surface area (TPSA) is 132 Å². The lowest BCUT2D eigenvalue weighted by molar-refractivity contribution is -0.166. The minimum absolute atomic E-state index is 0.138. The molecule has 0 amide bonds. The first kappa shape index (κ1) is 20.0. The molecular weight excluding hydrogens is 396 g/mol. The summed E-state index contributed by atoms with van der Waals surface area (Å²) >= 11 is 6.03. The summed E-state index contributed by atoms with van der Waals surface area (Å²) in [6.45, 7) is 3.45. The third-order valence-electron chi connectivity index (χ3n) is 3.93. The van der Waals surface area contributed by atoms with Crippen molar-refractivity contribution in [3.8, 4) is 0 Å². The number of fused-ring (bicyclic) bond motifs is 1. The molecule has 0 aromatic carbocycles. The standard InChI is InChI=1S/C16H17ClN4O7/c1-7(22)25-4-10-12(26-8(2)23)13(27-9(3)24)16(28-10)21-6-20-11-14(17)18-5-19-15(11)21/h5-6,10,12-13,16H,4H2,1-3H3/t10-,12-,13+,16-/m1/s1. The number of aromatic nitrogens is 4. The molecule has 12 heteroatoms. The fourth-order valence-electron chi connectivity index (χ4n) is 2.93. The highest BCUT2D eigenvalue weighted by Gasteiger charge is 2.51. The molecule has 3 heterocycles. The molecule has 0 saturated carbocycles. The molecule has 0 radical (unpaired) electrons. The Bertz CT molecular complexity index is 918. The summed E-state index contributed by atoms with van der Waals surface area (Å²) in [6.07, 6.45) is -1.24. The fraction of sp³-hybridized carbons (Fsp3) is 0.500. The maximum atomic E-state index is 11.7. The number of imidazole rings is 1. The SMILES string of the molecule is CC(=O)OC[C@H]1O[C@@H](n2cnc3c(Cl)ncnc32)[C@@H](OC(C)=O)[C@@H]1OC(C)=O. The fourth-order valence-corrected chi connectivity index (χ4v) is 3.10. The van der Waals surface area contributed by atoms with Gasteiger partial charge in [0.1, 0.15) is 24.6 Å². The van der Waals surface area contributed by atoms with E-state index in [1.54, 1.807) is 0 Å². The van der Waals surface area contributed by atoms with Gasteiger partial charge in [-0.3, -0.25) is 19.0 Å². The van der Waals surface area contributed by atoms with Gasteiger partial charge in [-0.05, 0) is 0 Å². The van der Waals surface area contributed by atoms with Crippen molar-refractivity contribution in [3.05, 3.63) is 17.8 Å². The third-order valence-corrected chi connectivity index (χ3v) is 4.21. The van der Waals surface area contributed by atoms with E-state index < -0.39 is 42.4 Å². The van der Waals surface area contributed by atoms with E-state index in [1.807, 2.05) is 0 Å². The second-order valence-corrected chi connectivity index (χ2v) is 6.36. The number of carbonyl (C=O) groups excluding carboxylic acids is 3. The average molecular weight is 413 g/mol. The molecule has 0 N–H and O–H groups in total. The van der Waals surface area contributed by atoms with Crippen molar-refractivity contribution in [2.24, 2.45) is 0 Å².